The molecule has 98 valence electrons. The van der Waals surface area contributed by atoms with Gasteiger partial charge < -0.3 is 5.73 Å². The molecule has 0 spiro atoms. The predicted molar refractivity (Wildman–Crippen MR) is 73.2 cm³/mol. The zero-order valence-corrected chi connectivity index (χ0v) is 11.0. The van der Waals surface area contributed by atoms with Crippen LogP contribution >= 0.6 is 0 Å². The molecule has 0 aromatic carbocycles. The second kappa shape index (κ2) is 4.98. The van der Waals surface area contributed by atoms with E-state index in [9.17, 15) is 0 Å². The summed E-state index contributed by atoms with van der Waals surface area (Å²) < 4.78 is 0. The van der Waals surface area contributed by atoms with Crippen LogP contribution in [0.4, 0.5) is 0 Å². The van der Waals surface area contributed by atoms with Crippen molar-refractivity contribution in [1.82, 2.24) is 9.88 Å². The van der Waals surface area contributed by atoms with Crippen molar-refractivity contribution < 1.29 is 0 Å². The highest BCUT2D eigenvalue weighted by Gasteiger charge is 2.45. The molecule has 0 amide bonds. The molecule has 18 heavy (non-hydrogen) atoms. The molecule has 1 aliphatic carbocycles. The average Bonchev–Trinajstić information content (AvgIpc) is 3.10. The Labute approximate surface area is 109 Å². The zero-order chi connectivity index (χ0) is 12.4. The minimum Gasteiger partial charge on any atom is -0.322 e. The van der Waals surface area contributed by atoms with Gasteiger partial charge in [-0.2, -0.15) is 0 Å². The molecule has 1 aromatic rings. The summed E-state index contributed by atoms with van der Waals surface area (Å²) in [5, 5.41) is 0. The van der Waals surface area contributed by atoms with Gasteiger partial charge in [0.15, 0.2) is 0 Å². The highest BCUT2D eigenvalue weighted by atomic mass is 15.2. The van der Waals surface area contributed by atoms with Gasteiger partial charge in [-0.3, -0.25) is 9.88 Å². The Morgan fingerprint density at radius 1 is 1.17 bits per heavy atom. The molecule has 1 unspecified atom stereocenters. The monoisotopic (exact) mass is 245 g/mol. The van der Waals surface area contributed by atoms with Crippen molar-refractivity contribution in [3.63, 3.8) is 0 Å². The van der Waals surface area contributed by atoms with E-state index in [2.05, 4.69) is 16.0 Å². The van der Waals surface area contributed by atoms with Crippen molar-refractivity contribution in [2.24, 2.45) is 5.73 Å². The van der Waals surface area contributed by atoms with E-state index < -0.39 is 0 Å². The highest BCUT2D eigenvalue weighted by molar-refractivity contribution is 5.21. The van der Waals surface area contributed by atoms with E-state index >= 15 is 0 Å². The maximum absolute atomic E-state index is 6.63. The lowest BCUT2D eigenvalue weighted by Crippen LogP contribution is -2.52. The van der Waals surface area contributed by atoms with E-state index in [0.29, 0.717) is 0 Å². The van der Waals surface area contributed by atoms with Crippen molar-refractivity contribution >= 4 is 0 Å². The summed E-state index contributed by atoms with van der Waals surface area (Å²) >= 11 is 0. The zero-order valence-electron chi connectivity index (χ0n) is 11.0. The molecule has 2 heterocycles. The lowest BCUT2D eigenvalue weighted by molar-refractivity contribution is 0.0921. The van der Waals surface area contributed by atoms with Crippen molar-refractivity contribution in [2.75, 3.05) is 13.1 Å². The molecule has 0 radical (unpaired) electrons. The van der Waals surface area contributed by atoms with Crippen molar-refractivity contribution in [3.8, 4) is 0 Å². The molecule has 2 N–H and O–H groups in total. The van der Waals surface area contributed by atoms with Gasteiger partial charge in [0.05, 0.1) is 0 Å². The Kier molecular flexibility index (Phi) is 3.35. The summed E-state index contributed by atoms with van der Waals surface area (Å²) in [7, 11) is 0. The van der Waals surface area contributed by atoms with Gasteiger partial charge in [-0.1, -0.05) is 18.9 Å². The van der Waals surface area contributed by atoms with Crippen LogP contribution < -0.4 is 5.73 Å². The summed E-state index contributed by atoms with van der Waals surface area (Å²) in [4.78, 5) is 6.90. The predicted octanol–water partition coefficient (Wildman–Crippen LogP) is 2.49. The number of aromatic nitrogens is 1. The fourth-order valence-corrected chi connectivity index (χ4v) is 3.84. The van der Waals surface area contributed by atoms with Crippen LogP contribution in [-0.4, -0.2) is 28.5 Å². The van der Waals surface area contributed by atoms with Gasteiger partial charge in [-0.25, -0.2) is 0 Å². The van der Waals surface area contributed by atoms with Crippen molar-refractivity contribution in [3.05, 3.63) is 30.1 Å². The largest absolute Gasteiger partial charge is 0.322 e. The number of rotatable bonds is 3. The minimum atomic E-state index is 0.117. The molecular formula is C15H23N3. The van der Waals surface area contributed by atoms with Gasteiger partial charge in [0.1, 0.15) is 0 Å². The molecule has 1 saturated carbocycles. The fourth-order valence-electron chi connectivity index (χ4n) is 3.84. The summed E-state index contributed by atoms with van der Waals surface area (Å²) in [5.74, 6) is 0. The van der Waals surface area contributed by atoms with Gasteiger partial charge in [0.2, 0.25) is 0 Å². The average molecular weight is 245 g/mol. The molecule has 3 heteroatoms. The topological polar surface area (TPSA) is 42.1 Å². The van der Waals surface area contributed by atoms with Gasteiger partial charge in [0, 0.05) is 24.0 Å². The van der Waals surface area contributed by atoms with E-state index in [1.165, 1.54) is 57.2 Å². The molecule has 1 saturated heterocycles. The van der Waals surface area contributed by atoms with E-state index in [1.54, 1.807) is 0 Å². The van der Waals surface area contributed by atoms with E-state index in [0.717, 1.165) is 0 Å². The molecule has 2 aliphatic rings. The van der Waals surface area contributed by atoms with Crippen LogP contribution in [0.1, 0.15) is 50.1 Å². The molecule has 1 aromatic heterocycles. The first-order valence-electron chi connectivity index (χ1n) is 7.23. The number of likely N-dealkylation sites (tertiary alicyclic amines) is 1. The first-order chi connectivity index (χ1) is 8.83. The molecule has 3 nitrogen and oxygen atoms in total. The van der Waals surface area contributed by atoms with Crippen molar-refractivity contribution in [2.45, 2.75) is 50.1 Å². The number of hydrogen-bond acceptors (Lipinski definition) is 3. The Hall–Kier alpha value is -0.930. The highest BCUT2D eigenvalue weighted by Crippen LogP contribution is 2.44. The van der Waals surface area contributed by atoms with Gasteiger partial charge >= 0.3 is 0 Å². The first kappa shape index (κ1) is 12.1. The summed E-state index contributed by atoms with van der Waals surface area (Å²) in [5.41, 5.74) is 8.04. The van der Waals surface area contributed by atoms with Gasteiger partial charge in [-0.15, -0.1) is 0 Å². The standard InChI is InChI=1S/C15H23N3/c16-14(13-6-5-9-17-12-13)15(7-1-2-8-15)18-10-3-4-11-18/h5-6,9,12,14H,1-4,7-8,10-11,16H2. The van der Waals surface area contributed by atoms with Crippen LogP contribution in [0.2, 0.25) is 0 Å². The van der Waals surface area contributed by atoms with E-state index in [4.69, 9.17) is 5.73 Å². The Balaban J connectivity index is 1.89. The summed E-state index contributed by atoms with van der Waals surface area (Å²) in [6.45, 7) is 2.46. The quantitative estimate of drug-likeness (QED) is 0.889. The van der Waals surface area contributed by atoms with Crippen LogP contribution in [0.15, 0.2) is 24.5 Å². The Morgan fingerprint density at radius 2 is 1.89 bits per heavy atom. The number of nitrogens with zero attached hydrogens (tertiary/aromatic N) is 2. The van der Waals surface area contributed by atoms with E-state index in [-0.39, 0.29) is 11.6 Å². The smallest absolute Gasteiger partial charge is 0.0497 e. The molecule has 1 aliphatic heterocycles. The molecule has 3 rings (SSSR count). The maximum atomic E-state index is 6.63. The fraction of sp³-hybridized carbons (Fsp3) is 0.667. The third-order valence-electron chi connectivity index (χ3n) is 4.83. The Morgan fingerprint density at radius 3 is 2.50 bits per heavy atom. The number of pyridine rings is 1. The molecule has 0 bridgehead atoms. The van der Waals surface area contributed by atoms with Gasteiger partial charge in [0.25, 0.3) is 0 Å². The van der Waals surface area contributed by atoms with Crippen LogP contribution in [0.5, 0.6) is 0 Å². The molecule has 2 fully saturated rings. The summed E-state index contributed by atoms with van der Waals surface area (Å²) in [6, 6.07) is 4.25. The van der Waals surface area contributed by atoms with Crippen LogP contribution in [0.25, 0.3) is 0 Å². The van der Waals surface area contributed by atoms with Crippen LogP contribution in [0.3, 0.4) is 0 Å². The SMILES string of the molecule is NC(c1cccnc1)C1(N2CCCC2)CCCC1. The van der Waals surface area contributed by atoms with Crippen LogP contribution in [0, 0.1) is 0 Å². The second-order valence-electron chi connectivity index (χ2n) is 5.77. The third kappa shape index (κ3) is 1.95. The lowest BCUT2D eigenvalue weighted by atomic mass is 9.83. The third-order valence-corrected chi connectivity index (χ3v) is 4.83. The first-order valence-corrected chi connectivity index (χ1v) is 7.23. The maximum Gasteiger partial charge on any atom is 0.0497 e. The second-order valence-corrected chi connectivity index (χ2v) is 5.77. The normalized spacial score (nSPS) is 25.4. The minimum absolute atomic E-state index is 0.117. The number of hydrogen-bond donors (Lipinski definition) is 1. The van der Waals surface area contributed by atoms with E-state index in [1.807, 2.05) is 18.5 Å². The Bertz CT molecular complexity index is 378. The van der Waals surface area contributed by atoms with Crippen molar-refractivity contribution in [1.29, 1.82) is 0 Å². The molecule has 1 atom stereocenters. The van der Waals surface area contributed by atoms with Crippen LogP contribution in [-0.2, 0) is 0 Å². The van der Waals surface area contributed by atoms with Gasteiger partial charge in [-0.05, 0) is 50.4 Å². The summed E-state index contributed by atoms with van der Waals surface area (Å²) in [6.07, 6.45) is 11.6. The number of nitrogens with two attached hydrogens (primary N) is 1. The molecular weight excluding hydrogens is 222 g/mol. The lowest BCUT2D eigenvalue weighted by Gasteiger charge is -2.43.